The van der Waals surface area contributed by atoms with Crippen LogP contribution in [0.25, 0.3) is 22.4 Å². The molecule has 5 heterocycles. The van der Waals surface area contributed by atoms with E-state index in [2.05, 4.69) is 49.2 Å². The van der Waals surface area contributed by atoms with Crippen molar-refractivity contribution in [3.63, 3.8) is 0 Å². The van der Waals surface area contributed by atoms with E-state index in [0.717, 1.165) is 61.0 Å². The topological polar surface area (TPSA) is 121 Å². The third-order valence-electron chi connectivity index (χ3n) is 8.58. The summed E-state index contributed by atoms with van der Waals surface area (Å²) in [5.74, 6) is 2.45. The Morgan fingerprint density at radius 3 is 2.15 bits per heavy atom. The van der Waals surface area contributed by atoms with Gasteiger partial charge in [-0.05, 0) is 73.7 Å². The molecule has 2 aliphatic heterocycles. The van der Waals surface area contributed by atoms with Gasteiger partial charge in [0, 0.05) is 80.7 Å². The maximum atomic E-state index is 13.1. The Morgan fingerprint density at radius 2 is 1.49 bits per heavy atom. The van der Waals surface area contributed by atoms with Crippen molar-refractivity contribution < 1.29 is 14.3 Å². The van der Waals surface area contributed by atoms with E-state index in [-0.39, 0.29) is 11.9 Å². The molecule has 240 valence electrons. The van der Waals surface area contributed by atoms with E-state index in [0.29, 0.717) is 49.1 Å². The molecule has 0 saturated carbocycles. The van der Waals surface area contributed by atoms with Gasteiger partial charge in [-0.2, -0.15) is 0 Å². The summed E-state index contributed by atoms with van der Waals surface area (Å²) in [5, 5.41) is 6.76. The average molecular weight is 632 g/mol. The second kappa shape index (κ2) is 13.5. The largest absolute Gasteiger partial charge is 0.378 e. The SMILES string of the molecule is CCn1ccc2c(N3CCOCC3)nc(-c3ccc(NC(=O)Nc4ccc(C(=O)N5CCN(c6ccccn6)CC5)cc4)cc3)nc21. The quantitative estimate of drug-likeness (QED) is 0.259. The number of urea groups is 1. The standard InChI is InChI=1S/C35H37N9O3/c1-2-41-16-14-29-32(41)39-31(40-33(29)43-21-23-47-24-22-43)25-6-10-27(11-7-25)37-35(46)38-28-12-8-26(9-13-28)34(45)44-19-17-42(18-20-44)30-5-3-4-15-36-30/h3-16H,2,17-24H2,1H3,(H2,37,38,46). The van der Waals surface area contributed by atoms with Gasteiger partial charge in [0.2, 0.25) is 0 Å². The summed E-state index contributed by atoms with van der Waals surface area (Å²) >= 11 is 0. The molecular formula is C35H37N9O3. The number of fused-ring (bicyclic) bond motifs is 1. The molecule has 12 heteroatoms. The van der Waals surface area contributed by atoms with Crippen LogP contribution in [0.15, 0.2) is 85.2 Å². The number of morpholine rings is 1. The summed E-state index contributed by atoms with van der Waals surface area (Å²) in [6.07, 6.45) is 3.83. The molecule has 12 nitrogen and oxygen atoms in total. The van der Waals surface area contributed by atoms with Gasteiger partial charge in [-0.1, -0.05) is 6.07 Å². The van der Waals surface area contributed by atoms with Crippen molar-refractivity contribution in [1.82, 2.24) is 24.4 Å². The normalized spacial score (nSPS) is 15.1. The summed E-state index contributed by atoms with van der Waals surface area (Å²) in [6.45, 7) is 8.53. The van der Waals surface area contributed by atoms with E-state index < -0.39 is 0 Å². The third-order valence-corrected chi connectivity index (χ3v) is 8.58. The number of ether oxygens (including phenoxy) is 1. The number of carbonyl (C=O) groups is 2. The van der Waals surface area contributed by atoms with E-state index in [1.165, 1.54) is 0 Å². The maximum absolute atomic E-state index is 13.1. The second-order valence-electron chi connectivity index (χ2n) is 11.5. The molecule has 3 amide bonds. The van der Waals surface area contributed by atoms with Crippen molar-refractivity contribution in [3.05, 3.63) is 90.8 Å². The summed E-state index contributed by atoms with van der Waals surface area (Å²) in [5.41, 5.74) is 3.56. The fourth-order valence-corrected chi connectivity index (χ4v) is 6.00. The summed E-state index contributed by atoms with van der Waals surface area (Å²) in [4.78, 5) is 46.5. The lowest BCUT2D eigenvalue weighted by Gasteiger charge is -2.35. The van der Waals surface area contributed by atoms with Crippen LogP contribution in [0.4, 0.5) is 27.8 Å². The second-order valence-corrected chi connectivity index (χ2v) is 11.5. The van der Waals surface area contributed by atoms with Crippen LogP contribution < -0.4 is 20.4 Å². The Balaban J connectivity index is 0.967. The average Bonchev–Trinajstić information content (AvgIpc) is 3.55. The molecule has 0 unspecified atom stereocenters. The zero-order valence-electron chi connectivity index (χ0n) is 26.3. The number of piperazine rings is 1. The predicted molar refractivity (Wildman–Crippen MR) is 183 cm³/mol. The van der Waals surface area contributed by atoms with Crippen LogP contribution in [0.1, 0.15) is 17.3 Å². The highest BCUT2D eigenvalue weighted by Crippen LogP contribution is 2.30. The first kappa shape index (κ1) is 30.2. The van der Waals surface area contributed by atoms with Crippen LogP contribution in [0.5, 0.6) is 0 Å². The number of aryl methyl sites for hydroxylation is 1. The molecule has 0 radical (unpaired) electrons. The zero-order chi connectivity index (χ0) is 32.2. The smallest absolute Gasteiger partial charge is 0.323 e. The summed E-state index contributed by atoms with van der Waals surface area (Å²) < 4.78 is 7.68. The first-order chi connectivity index (χ1) is 23.1. The molecule has 2 saturated heterocycles. The van der Waals surface area contributed by atoms with Gasteiger partial charge in [-0.3, -0.25) is 4.79 Å². The Labute approximate surface area is 273 Å². The minimum atomic E-state index is -0.379. The summed E-state index contributed by atoms with van der Waals surface area (Å²) in [6, 6.07) is 22.0. The number of anilines is 4. The van der Waals surface area contributed by atoms with Gasteiger partial charge < -0.3 is 34.6 Å². The van der Waals surface area contributed by atoms with Crippen molar-refractivity contribution in [2.45, 2.75) is 13.5 Å². The lowest BCUT2D eigenvalue weighted by molar-refractivity contribution is 0.0746. The van der Waals surface area contributed by atoms with E-state index in [1.807, 2.05) is 47.4 Å². The van der Waals surface area contributed by atoms with Crippen molar-refractivity contribution in [2.75, 3.05) is 72.9 Å². The van der Waals surface area contributed by atoms with Crippen LogP contribution in [-0.4, -0.2) is 88.8 Å². The minimum Gasteiger partial charge on any atom is -0.378 e. The predicted octanol–water partition coefficient (Wildman–Crippen LogP) is 4.96. The highest BCUT2D eigenvalue weighted by Gasteiger charge is 2.23. The number of hydrogen-bond donors (Lipinski definition) is 2. The fraction of sp³-hybridized carbons (Fsp3) is 0.286. The van der Waals surface area contributed by atoms with Crippen LogP contribution in [0.3, 0.4) is 0 Å². The number of rotatable bonds is 7. The van der Waals surface area contributed by atoms with Crippen LogP contribution in [-0.2, 0) is 11.3 Å². The highest BCUT2D eigenvalue weighted by molar-refractivity contribution is 6.00. The number of nitrogens with one attached hydrogen (secondary N) is 2. The lowest BCUT2D eigenvalue weighted by atomic mass is 10.1. The van der Waals surface area contributed by atoms with Gasteiger partial charge in [0.25, 0.3) is 5.91 Å². The van der Waals surface area contributed by atoms with Gasteiger partial charge in [-0.25, -0.2) is 19.7 Å². The molecule has 0 bridgehead atoms. The van der Waals surface area contributed by atoms with E-state index in [4.69, 9.17) is 14.7 Å². The number of amides is 3. The molecule has 0 spiro atoms. The molecule has 2 N–H and O–H groups in total. The van der Waals surface area contributed by atoms with E-state index in [9.17, 15) is 9.59 Å². The van der Waals surface area contributed by atoms with Crippen molar-refractivity contribution >= 4 is 46.0 Å². The number of nitrogens with zero attached hydrogens (tertiary/aromatic N) is 7. The molecule has 2 aromatic carbocycles. The lowest BCUT2D eigenvalue weighted by Crippen LogP contribution is -2.49. The Kier molecular flexibility index (Phi) is 8.65. The molecule has 47 heavy (non-hydrogen) atoms. The third kappa shape index (κ3) is 6.59. The number of aromatic nitrogens is 4. The van der Waals surface area contributed by atoms with Crippen molar-refractivity contribution in [3.8, 4) is 11.4 Å². The first-order valence-electron chi connectivity index (χ1n) is 16.0. The molecule has 7 rings (SSSR count). The van der Waals surface area contributed by atoms with Crippen LogP contribution in [0, 0.1) is 0 Å². The van der Waals surface area contributed by atoms with Gasteiger partial charge in [0.1, 0.15) is 17.3 Å². The van der Waals surface area contributed by atoms with E-state index in [1.54, 1.807) is 30.5 Å². The number of pyridine rings is 1. The zero-order valence-corrected chi connectivity index (χ0v) is 26.3. The number of hydrogen-bond acceptors (Lipinski definition) is 8. The van der Waals surface area contributed by atoms with Gasteiger partial charge >= 0.3 is 6.03 Å². The molecule has 5 aromatic rings. The monoisotopic (exact) mass is 631 g/mol. The Morgan fingerprint density at radius 1 is 0.787 bits per heavy atom. The molecule has 2 aliphatic rings. The minimum absolute atomic E-state index is 0.0233. The fourth-order valence-electron chi connectivity index (χ4n) is 6.00. The van der Waals surface area contributed by atoms with Crippen molar-refractivity contribution in [1.29, 1.82) is 0 Å². The first-order valence-corrected chi connectivity index (χ1v) is 16.0. The van der Waals surface area contributed by atoms with E-state index >= 15 is 0 Å². The molecule has 2 fully saturated rings. The number of benzene rings is 2. The van der Waals surface area contributed by atoms with Gasteiger partial charge in [-0.15, -0.1) is 0 Å². The Hall–Kier alpha value is -5.49. The molecule has 0 atom stereocenters. The van der Waals surface area contributed by atoms with Gasteiger partial charge in [0.05, 0.1) is 18.6 Å². The highest BCUT2D eigenvalue weighted by atomic mass is 16.5. The van der Waals surface area contributed by atoms with Crippen LogP contribution in [0.2, 0.25) is 0 Å². The number of carbonyl (C=O) groups excluding carboxylic acids is 2. The summed E-state index contributed by atoms with van der Waals surface area (Å²) in [7, 11) is 0. The maximum Gasteiger partial charge on any atom is 0.323 e. The molecule has 3 aromatic heterocycles. The van der Waals surface area contributed by atoms with Crippen LogP contribution >= 0.6 is 0 Å². The molecule has 0 aliphatic carbocycles. The molecular weight excluding hydrogens is 594 g/mol. The Bertz CT molecular complexity index is 1850. The van der Waals surface area contributed by atoms with Gasteiger partial charge in [0.15, 0.2) is 5.82 Å². The van der Waals surface area contributed by atoms with Crippen molar-refractivity contribution in [2.24, 2.45) is 0 Å².